The summed E-state index contributed by atoms with van der Waals surface area (Å²) in [5, 5.41) is 2.57. The summed E-state index contributed by atoms with van der Waals surface area (Å²) in [5.41, 5.74) is 0.213. The monoisotopic (exact) mass is 207 g/mol. The highest BCUT2D eigenvalue weighted by Crippen LogP contribution is 2.00. The number of hydrogen-bond donors (Lipinski definition) is 1. The molecule has 0 fully saturated rings. The maximum Gasteiger partial charge on any atom is 0.272 e. The molecule has 0 saturated heterocycles. The van der Waals surface area contributed by atoms with Gasteiger partial charge in [-0.15, -0.1) is 0 Å². The van der Waals surface area contributed by atoms with Crippen LogP contribution in [0.4, 0.5) is 0 Å². The Labute approximate surface area is 87.9 Å². The van der Waals surface area contributed by atoms with E-state index in [2.05, 4.69) is 15.3 Å². The largest absolute Gasteiger partial charge is 0.341 e. The molecule has 0 aromatic carbocycles. The van der Waals surface area contributed by atoms with Crippen LogP contribution in [0.2, 0.25) is 0 Å². The lowest BCUT2D eigenvalue weighted by Gasteiger charge is -2.15. The van der Waals surface area contributed by atoms with Gasteiger partial charge in [0.1, 0.15) is 12.0 Å². The third-order valence-corrected chi connectivity index (χ3v) is 1.96. The molecule has 0 bridgehead atoms. The zero-order valence-corrected chi connectivity index (χ0v) is 8.68. The molecule has 1 amide bonds. The first-order valence-corrected chi connectivity index (χ1v) is 4.67. The van der Waals surface area contributed by atoms with Gasteiger partial charge >= 0.3 is 0 Å². The number of rotatable bonds is 4. The summed E-state index contributed by atoms with van der Waals surface area (Å²) < 4.78 is 0. The molecule has 5 nitrogen and oxygen atoms in total. The molecule has 1 aromatic heterocycles. The molecular weight excluding hydrogens is 194 g/mol. The van der Waals surface area contributed by atoms with Crippen LogP contribution in [0.5, 0.6) is 0 Å². The van der Waals surface area contributed by atoms with Gasteiger partial charge in [0.25, 0.3) is 5.91 Å². The van der Waals surface area contributed by atoms with Crippen LogP contribution in [0.1, 0.15) is 24.3 Å². The Morgan fingerprint density at radius 3 is 2.67 bits per heavy atom. The van der Waals surface area contributed by atoms with Crippen LogP contribution in [0.15, 0.2) is 18.6 Å². The number of nitrogens with one attached hydrogen (secondary N) is 1. The number of aromatic nitrogens is 2. The standard InChI is InChI=1S/C10H13N3O2/c1-7(2)9(6-14)13-10(15)8-5-11-3-4-12-8/h3-7,9H,1-2H3,(H,13,15)/t9-/m1/s1. The minimum Gasteiger partial charge on any atom is -0.341 e. The van der Waals surface area contributed by atoms with Gasteiger partial charge in [-0.25, -0.2) is 4.98 Å². The molecular formula is C10H13N3O2. The molecule has 0 spiro atoms. The normalized spacial score (nSPS) is 12.2. The van der Waals surface area contributed by atoms with Crippen molar-refractivity contribution in [3.8, 4) is 0 Å². The van der Waals surface area contributed by atoms with Crippen molar-refractivity contribution in [3.05, 3.63) is 24.3 Å². The fourth-order valence-corrected chi connectivity index (χ4v) is 0.999. The molecule has 0 radical (unpaired) electrons. The lowest BCUT2D eigenvalue weighted by Crippen LogP contribution is -2.40. The van der Waals surface area contributed by atoms with Crippen LogP contribution in [0.3, 0.4) is 0 Å². The minimum atomic E-state index is -0.487. The topological polar surface area (TPSA) is 72.0 Å². The first-order chi connectivity index (χ1) is 7.15. The highest BCUT2D eigenvalue weighted by molar-refractivity contribution is 5.93. The van der Waals surface area contributed by atoms with Gasteiger partial charge in [0.15, 0.2) is 0 Å². The molecule has 0 unspecified atom stereocenters. The maximum absolute atomic E-state index is 11.5. The highest BCUT2D eigenvalue weighted by atomic mass is 16.2. The maximum atomic E-state index is 11.5. The van der Waals surface area contributed by atoms with Crippen LogP contribution < -0.4 is 5.32 Å². The predicted molar refractivity (Wildman–Crippen MR) is 54.2 cm³/mol. The fraction of sp³-hybridized carbons (Fsp3) is 0.400. The van der Waals surface area contributed by atoms with E-state index in [1.165, 1.54) is 18.6 Å². The average Bonchev–Trinajstić information content (AvgIpc) is 2.26. The van der Waals surface area contributed by atoms with Crippen molar-refractivity contribution in [2.75, 3.05) is 0 Å². The van der Waals surface area contributed by atoms with E-state index in [9.17, 15) is 9.59 Å². The molecule has 80 valence electrons. The van der Waals surface area contributed by atoms with Gasteiger partial charge in [-0.3, -0.25) is 9.78 Å². The van der Waals surface area contributed by atoms with Crippen molar-refractivity contribution in [2.45, 2.75) is 19.9 Å². The molecule has 15 heavy (non-hydrogen) atoms. The quantitative estimate of drug-likeness (QED) is 0.727. The predicted octanol–water partition coefficient (Wildman–Crippen LogP) is 0.430. The summed E-state index contributed by atoms with van der Waals surface area (Å²) in [6, 6.07) is -0.487. The van der Waals surface area contributed by atoms with E-state index in [4.69, 9.17) is 0 Å². The Balaban J connectivity index is 2.67. The van der Waals surface area contributed by atoms with Crippen molar-refractivity contribution in [2.24, 2.45) is 5.92 Å². The van der Waals surface area contributed by atoms with E-state index in [0.29, 0.717) is 0 Å². The van der Waals surface area contributed by atoms with Gasteiger partial charge in [0.2, 0.25) is 0 Å². The zero-order chi connectivity index (χ0) is 11.3. The van der Waals surface area contributed by atoms with Crippen LogP contribution >= 0.6 is 0 Å². The van der Waals surface area contributed by atoms with E-state index in [1.807, 2.05) is 13.8 Å². The van der Waals surface area contributed by atoms with Crippen molar-refractivity contribution >= 4 is 12.2 Å². The Hall–Kier alpha value is -1.78. The first kappa shape index (κ1) is 11.3. The first-order valence-electron chi connectivity index (χ1n) is 4.67. The molecule has 0 aliphatic heterocycles. The lowest BCUT2D eigenvalue weighted by molar-refractivity contribution is -0.110. The molecule has 0 saturated carbocycles. The zero-order valence-electron chi connectivity index (χ0n) is 8.68. The Kier molecular flexibility index (Phi) is 3.91. The second-order valence-corrected chi connectivity index (χ2v) is 3.47. The average molecular weight is 207 g/mol. The van der Waals surface area contributed by atoms with Gasteiger partial charge < -0.3 is 10.1 Å². The summed E-state index contributed by atoms with van der Waals surface area (Å²) in [5.74, 6) is -0.322. The van der Waals surface area contributed by atoms with Crippen molar-refractivity contribution in [1.82, 2.24) is 15.3 Å². The van der Waals surface area contributed by atoms with E-state index < -0.39 is 6.04 Å². The Morgan fingerprint density at radius 2 is 2.20 bits per heavy atom. The molecule has 1 heterocycles. The van der Waals surface area contributed by atoms with Gasteiger partial charge in [0, 0.05) is 12.4 Å². The molecule has 0 aliphatic carbocycles. The summed E-state index contributed by atoms with van der Waals surface area (Å²) in [4.78, 5) is 29.8. The highest BCUT2D eigenvalue weighted by Gasteiger charge is 2.16. The van der Waals surface area contributed by atoms with E-state index >= 15 is 0 Å². The third-order valence-electron chi connectivity index (χ3n) is 1.96. The molecule has 1 aromatic rings. The second-order valence-electron chi connectivity index (χ2n) is 3.47. The van der Waals surface area contributed by atoms with Gasteiger partial charge in [-0.1, -0.05) is 13.8 Å². The minimum absolute atomic E-state index is 0.0584. The Bertz CT molecular complexity index is 338. The van der Waals surface area contributed by atoms with Crippen molar-refractivity contribution < 1.29 is 9.59 Å². The van der Waals surface area contributed by atoms with Crippen LogP contribution in [-0.2, 0) is 4.79 Å². The SMILES string of the molecule is CC(C)[C@@H](C=O)NC(=O)c1cnccn1. The number of carbonyl (C=O) groups excluding carboxylic acids is 2. The molecule has 1 rings (SSSR count). The second kappa shape index (κ2) is 5.19. The van der Waals surface area contributed by atoms with E-state index in [0.717, 1.165) is 6.29 Å². The number of carbonyl (C=O) groups is 2. The van der Waals surface area contributed by atoms with E-state index in [1.54, 1.807) is 0 Å². The summed E-state index contributed by atoms with van der Waals surface area (Å²) in [6.07, 6.45) is 4.99. The Morgan fingerprint density at radius 1 is 1.47 bits per heavy atom. The van der Waals surface area contributed by atoms with Gasteiger partial charge in [-0.2, -0.15) is 0 Å². The lowest BCUT2D eigenvalue weighted by atomic mass is 10.1. The van der Waals surface area contributed by atoms with Crippen molar-refractivity contribution in [1.29, 1.82) is 0 Å². The van der Waals surface area contributed by atoms with Crippen LogP contribution in [-0.4, -0.2) is 28.2 Å². The van der Waals surface area contributed by atoms with Crippen LogP contribution in [0.25, 0.3) is 0 Å². The molecule has 1 atom stereocenters. The van der Waals surface area contributed by atoms with Gasteiger partial charge in [0.05, 0.1) is 12.2 Å². The number of amides is 1. The molecule has 1 N–H and O–H groups in total. The number of hydrogen-bond acceptors (Lipinski definition) is 4. The van der Waals surface area contributed by atoms with Crippen LogP contribution in [0, 0.1) is 5.92 Å². The smallest absolute Gasteiger partial charge is 0.272 e. The molecule has 0 aliphatic rings. The molecule has 5 heteroatoms. The summed E-state index contributed by atoms with van der Waals surface area (Å²) in [7, 11) is 0. The van der Waals surface area contributed by atoms with E-state index in [-0.39, 0.29) is 17.5 Å². The number of nitrogens with zero attached hydrogens (tertiary/aromatic N) is 2. The third kappa shape index (κ3) is 3.12. The summed E-state index contributed by atoms with van der Waals surface area (Å²) >= 11 is 0. The number of aldehydes is 1. The van der Waals surface area contributed by atoms with Crippen molar-refractivity contribution in [3.63, 3.8) is 0 Å². The van der Waals surface area contributed by atoms with Gasteiger partial charge in [-0.05, 0) is 5.92 Å². The fourth-order valence-electron chi connectivity index (χ4n) is 0.999. The summed E-state index contributed by atoms with van der Waals surface area (Å²) in [6.45, 7) is 3.71.